The van der Waals surface area contributed by atoms with Crippen molar-refractivity contribution in [3.05, 3.63) is 146 Å². The Morgan fingerprint density at radius 2 is 1.29 bits per heavy atom. The van der Waals surface area contributed by atoms with E-state index in [1.54, 1.807) is 0 Å². The smallest absolute Gasteiger partial charge is 0.145 e. The molecule has 8 rings (SSSR count). The highest BCUT2D eigenvalue weighted by Crippen LogP contribution is 2.40. The van der Waals surface area contributed by atoms with Gasteiger partial charge in [0.25, 0.3) is 0 Å². The van der Waals surface area contributed by atoms with Crippen LogP contribution in [0.25, 0.3) is 82.7 Å². The maximum atomic E-state index is 5.28. The van der Waals surface area contributed by atoms with Crippen LogP contribution in [0.15, 0.2) is 146 Å². The topological polar surface area (TPSA) is 17.8 Å². The third kappa shape index (κ3) is 4.62. The summed E-state index contributed by atoms with van der Waals surface area (Å²) in [5.74, 6) is 0.956. The highest BCUT2D eigenvalue weighted by Gasteiger charge is 2.17. The van der Waals surface area contributed by atoms with E-state index >= 15 is 0 Å². The molecule has 0 amide bonds. The Balaban J connectivity index is 1.28. The minimum Gasteiger partial charge on any atom is -0.293 e. The molecule has 1 heterocycles. The molecule has 0 bridgehead atoms. The van der Waals surface area contributed by atoms with E-state index in [0.717, 1.165) is 41.0 Å². The number of hydrogen-bond acceptors (Lipinski definition) is 1. The lowest BCUT2D eigenvalue weighted by Crippen LogP contribution is -1.99. The maximum Gasteiger partial charge on any atom is 0.145 e. The molecule has 0 saturated carbocycles. The van der Waals surface area contributed by atoms with Crippen molar-refractivity contribution < 1.29 is 0 Å². The van der Waals surface area contributed by atoms with Gasteiger partial charge in [0.15, 0.2) is 0 Å². The number of allylic oxidation sites excluding steroid dienone is 4. The van der Waals surface area contributed by atoms with Crippen LogP contribution >= 0.6 is 0 Å². The van der Waals surface area contributed by atoms with Gasteiger partial charge in [0.1, 0.15) is 5.82 Å². The van der Waals surface area contributed by atoms with Crippen LogP contribution in [0.5, 0.6) is 0 Å². The summed E-state index contributed by atoms with van der Waals surface area (Å²) in [5, 5.41) is 7.86. The van der Waals surface area contributed by atoms with E-state index in [-0.39, 0.29) is 0 Å². The molecule has 7 aromatic carbocycles. The van der Waals surface area contributed by atoms with Crippen LogP contribution in [0, 0.1) is 0 Å². The molecule has 0 N–H and O–H groups in total. The molecule has 2 nitrogen and oxygen atoms in total. The van der Waals surface area contributed by atoms with Gasteiger partial charge in [0.2, 0.25) is 0 Å². The van der Waals surface area contributed by atoms with Crippen molar-refractivity contribution in [3.63, 3.8) is 0 Å². The molecular weight excluding hydrogens is 544 g/mol. The van der Waals surface area contributed by atoms with Gasteiger partial charge in [-0.2, -0.15) is 0 Å². The highest BCUT2D eigenvalue weighted by atomic mass is 15.1. The Morgan fingerprint density at radius 1 is 0.600 bits per heavy atom. The molecular formula is C43H34N2. The van der Waals surface area contributed by atoms with Crippen molar-refractivity contribution in [2.24, 2.45) is 0 Å². The first-order valence-corrected chi connectivity index (χ1v) is 16.0. The van der Waals surface area contributed by atoms with Gasteiger partial charge in [0, 0.05) is 11.3 Å². The van der Waals surface area contributed by atoms with Crippen LogP contribution in [-0.4, -0.2) is 9.55 Å². The number of fused-ring (bicyclic) bond motifs is 1. The average molecular weight is 579 g/mol. The SMILES string of the molecule is CC/C=C\C(=C/CC)n1c(-c2ccc(-c3ccc4ccc5cccc6ccc3c4c56)cc2)nc2cc(-c3ccccc3)ccc21. The Kier molecular flexibility index (Phi) is 6.76. The van der Waals surface area contributed by atoms with Gasteiger partial charge >= 0.3 is 0 Å². The van der Waals surface area contributed by atoms with E-state index in [4.69, 9.17) is 4.98 Å². The molecule has 1 aromatic heterocycles. The predicted molar refractivity (Wildman–Crippen MR) is 194 cm³/mol. The Bertz CT molecular complexity index is 2350. The molecule has 2 heteroatoms. The summed E-state index contributed by atoms with van der Waals surface area (Å²) < 4.78 is 2.32. The summed E-state index contributed by atoms with van der Waals surface area (Å²) in [5.41, 5.74) is 9.19. The fourth-order valence-electron chi connectivity index (χ4n) is 6.81. The molecule has 45 heavy (non-hydrogen) atoms. The molecule has 216 valence electrons. The van der Waals surface area contributed by atoms with Gasteiger partial charge < -0.3 is 0 Å². The second-order valence-corrected chi connectivity index (χ2v) is 11.7. The van der Waals surface area contributed by atoms with Crippen LogP contribution < -0.4 is 0 Å². The predicted octanol–water partition coefficient (Wildman–Crippen LogP) is 12.2. The second-order valence-electron chi connectivity index (χ2n) is 11.7. The molecule has 0 aliphatic rings. The third-order valence-electron chi connectivity index (χ3n) is 8.94. The molecule has 0 aliphatic heterocycles. The molecule has 0 radical (unpaired) electrons. The molecule has 0 aliphatic carbocycles. The largest absolute Gasteiger partial charge is 0.293 e. The van der Waals surface area contributed by atoms with Crippen LogP contribution in [0.3, 0.4) is 0 Å². The lowest BCUT2D eigenvalue weighted by molar-refractivity contribution is 1.11. The van der Waals surface area contributed by atoms with Crippen LogP contribution in [0.4, 0.5) is 0 Å². The van der Waals surface area contributed by atoms with Gasteiger partial charge in [-0.15, -0.1) is 0 Å². The lowest BCUT2D eigenvalue weighted by atomic mass is 9.90. The Hall–Kier alpha value is -5.47. The highest BCUT2D eigenvalue weighted by molar-refractivity contribution is 6.25. The summed E-state index contributed by atoms with van der Waals surface area (Å²) in [6, 6.07) is 46.3. The van der Waals surface area contributed by atoms with Crippen LogP contribution in [0.2, 0.25) is 0 Å². The minimum atomic E-state index is 0.943. The summed E-state index contributed by atoms with van der Waals surface area (Å²) in [6.07, 6.45) is 8.68. The number of imidazole rings is 1. The van der Waals surface area contributed by atoms with E-state index in [1.807, 2.05) is 0 Å². The monoisotopic (exact) mass is 578 g/mol. The van der Waals surface area contributed by atoms with E-state index in [9.17, 15) is 0 Å². The number of aromatic nitrogens is 2. The van der Waals surface area contributed by atoms with Crippen molar-refractivity contribution in [1.29, 1.82) is 0 Å². The van der Waals surface area contributed by atoms with Crippen molar-refractivity contribution >= 4 is 49.0 Å². The van der Waals surface area contributed by atoms with Gasteiger partial charge in [-0.25, -0.2) is 4.98 Å². The molecule has 8 aromatic rings. The van der Waals surface area contributed by atoms with Gasteiger partial charge in [0.05, 0.1) is 11.0 Å². The maximum absolute atomic E-state index is 5.28. The standard InChI is InChI=1S/C43H34N2/c1-3-5-15-36(10-4-2)45-40-27-24-35(29-11-7-6-8-12-29)28-39(40)44-43(45)34-20-16-30(17-21-34)37-25-22-33-19-18-31-13-9-14-32-23-26-38(37)42(33)41(31)32/h5-28H,3-4H2,1-2H3/b15-5-,36-10+. The van der Waals surface area contributed by atoms with Gasteiger partial charge in [-0.3, -0.25) is 4.57 Å². The molecule has 0 fully saturated rings. The fourth-order valence-corrected chi connectivity index (χ4v) is 6.81. The minimum absolute atomic E-state index is 0.943. The van der Waals surface area contributed by atoms with E-state index in [2.05, 4.69) is 164 Å². The third-order valence-corrected chi connectivity index (χ3v) is 8.94. The number of hydrogen-bond donors (Lipinski definition) is 0. The van der Waals surface area contributed by atoms with Crippen molar-refractivity contribution in [2.45, 2.75) is 26.7 Å². The molecule has 0 atom stereocenters. The van der Waals surface area contributed by atoms with Crippen molar-refractivity contribution in [2.75, 3.05) is 0 Å². The van der Waals surface area contributed by atoms with Crippen molar-refractivity contribution in [1.82, 2.24) is 9.55 Å². The van der Waals surface area contributed by atoms with E-state index in [0.29, 0.717) is 0 Å². The zero-order valence-corrected chi connectivity index (χ0v) is 25.7. The molecule has 0 saturated heterocycles. The number of rotatable bonds is 7. The Labute approximate surface area is 263 Å². The summed E-state index contributed by atoms with van der Waals surface area (Å²) >= 11 is 0. The van der Waals surface area contributed by atoms with Crippen molar-refractivity contribution in [3.8, 4) is 33.6 Å². The first-order valence-electron chi connectivity index (χ1n) is 16.0. The average Bonchev–Trinajstić information content (AvgIpc) is 3.48. The number of nitrogens with zero attached hydrogens (tertiary/aromatic N) is 2. The van der Waals surface area contributed by atoms with Crippen LogP contribution in [-0.2, 0) is 0 Å². The molecule has 0 spiro atoms. The van der Waals surface area contributed by atoms with Crippen LogP contribution in [0.1, 0.15) is 26.7 Å². The van der Waals surface area contributed by atoms with Gasteiger partial charge in [-0.1, -0.05) is 141 Å². The first-order chi connectivity index (χ1) is 22.2. The number of benzene rings is 7. The summed E-state index contributed by atoms with van der Waals surface area (Å²) in [6.45, 7) is 4.37. The first kappa shape index (κ1) is 27.1. The lowest BCUT2D eigenvalue weighted by Gasteiger charge is -2.15. The summed E-state index contributed by atoms with van der Waals surface area (Å²) in [7, 11) is 0. The Morgan fingerprint density at radius 3 is 2.04 bits per heavy atom. The quantitative estimate of drug-likeness (QED) is 0.136. The van der Waals surface area contributed by atoms with E-state index < -0.39 is 0 Å². The molecule has 0 unspecified atom stereocenters. The van der Waals surface area contributed by atoms with Gasteiger partial charge in [-0.05, 0) is 85.6 Å². The zero-order chi connectivity index (χ0) is 30.3. The second kappa shape index (κ2) is 11.2. The fraction of sp³-hybridized carbons (Fsp3) is 0.0930. The summed E-state index contributed by atoms with van der Waals surface area (Å²) in [4.78, 5) is 5.28. The zero-order valence-electron chi connectivity index (χ0n) is 25.7. The van der Waals surface area contributed by atoms with E-state index in [1.165, 1.54) is 54.6 Å². The normalized spacial score (nSPS) is 12.4.